The van der Waals surface area contributed by atoms with Crippen molar-refractivity contribution in [2.24, 2.45) is 0 Å². The average Bonchev–Trinajstić information content (AvgIpc) is 2.48. The maximum Gasteiger partial charge on any atom is 0.410 e. The van der Waals surface area contributed by atoms with E-state index in [0.717, 1.165) is 5.56 Å². The van der Waals surface area contributed by atoms with Crippen molar-refractivity contribution >= 4 is 28.5 Å². The minimum atomic E-state index is -1.32. The van der Waals surface area contributed by atoms with Crippen LogP contribution in [0.5, 0.6) is 0 Å². The van der Waals surface area contributed by atoms with Crippen molar-refractivity contribution in [2.75, 3.05) is 13.1 Å². The monoisotopic (exact) mass is 359 g/mol. The van der Waals surface area contributed by atoms with Gasteiger partial charge in [-0.25, -0.2) is 14.8 Å². The summed E-state index contributed by atoms with van der Waals surface area (Å²) in [5.74, 6) is 0. The Labute approximate surface area is 144 Å². The van der Waals surface area contributed by atoms with E-state index in [0.29, 0.717) is 31.1 Å². The number of hydrogen-bond donors (Lipinski definition) is 0. The summed E-state index contributed by atoms with van der Waals surface area (Å²) in [6.45, 7) is 8.35. The molecule has 2 heterocycles. The molecule has 0 aliphatic carbocycles. The number of aryl methyl sites for hydroxylation is 1. The Bertz CT molecular complexity index is 610. The van der Waals surface area contributed by atoms with Crippen LogP contribution in [0.4, 0.5) is 4.79 Å². The summed E-state index contributed by atoms with van der Waals surface area (Å²) in [5, 5.41) is 0.512. The maximum atomic E-state index is 12.6. The van der Waals surface area contributed by atoms with Crippen molar-refractivity contribution in [3.63, 3.8) is 0 Å². The van der Waals surface area contributed by atoms with E-state index in [1.165, 1.54) is 0 Å². The van der Waals surface area contributed by atoms with Crippen molar-refractivity contribution in [2.45, 2.75) is 56.5 Å². The lowest BCUT2D eigenvalue weighted by Gasteiger charge is -2.32. The molecule has 0 bridgehead atoms. The molecule has 1 aliphatic rings. The number of rotatable bonds is 2. The number of piperidine rings is 1. The third kappa shape index (κ3) is 4.88. The van der Waals surface area contributed by atoms with E-state index in [-0.39, 0.29) is 16.5 Å². The van der Waals surface area contributed by atoms with E-state index in [2.05, 4.69) is 9.97 Å². The van der Waals surface area contributed by atoms with Crippen LogP contribution in [0.15, 0.2) is 11.4 Å². The van der Waals surface area contributed by atoms with E-state index in [1.807, 2.05) is 20.8 Å². The van der Waals surface area contributed by atoms with Crippen molar-refractivity contribution in [1.29, 1.82) is 0 Å². The zero-order chi connectivity index (χ0) is 17.2. The van der Waals surface area contributed by atoms with Crippen LogP contribution in [0.25, 0.3) is 0 Å². The Morgan fingerprint density at radius 3 is 2.52 bits per heavy atom. The fraction of sp³-hybridized carbons (Fsp3) is 0.667. The lowest BCUT2D eigenvalue weighted by molar-refractivity contribution is 0.0218. The highest BCUT2D eigenvalue weighted by Crippen LogP contribution is 2.22. The molecule has 1 amide bonds. The number of aromatic nitrogens is 2. The Kier molecular flexibility index (Phi) is 5.62. The van der Waals surface area contributed by atoms with Gasteiger partial charge in [-0.3, -0.25) is 4.21 Å². The van der Waals surface area contributed by atoms with Crippen LogP contribution >= 0.6 is 11.6 Å². The highest BCUT2D eigenvalue weighted by molar-refractivity contribution is 7.85. The molecule has 0 aromatic carbocycles. The molecule has 1 aromatic heterocycles. The second-order valence-electron chi connectivity index (χ2n) is 6.59. The van der Waals surface area contributed by atoms with Crippen LogP contribution in [-0.2, 0) is 15.5 Å². The topological polar surface area (TPSA) is 72.4 Å². The van der Waals surface area contributed by atoms with Gasteiger partial charge in [-0.1, -0.05) is 11.6 Å². The number of carbonyl (C=O) groups is 1. The fourth-order valence-corrected chi connectivity index (χ4v) is 3.69. The van der Waals surface area contributed by atoms with Gasteiger partial charge in [-0.15, -0.1) is 0 Å². The third-order valence-corrected chi connectivity index (χ3v) is 5.48. The summed E-state index contributed by atoms with van der Waals surface area (Å²) >= 11 is 5.97. The predicted octanol–water partition coefficient (Wildman–Crippen LogP) is 2.95. The highest BCUT2D eigenvalue weighted by Gasteiger charge is 2.30. The zero-order valence-electron chi connectivity index (χ0n) is 13.8. The molecule has 0 spiro atoms. The first-order chi connectivity index (χ1) is 10.7. The van der Waals surface area contributed by atoms with Gasteiger partial charge in [-0.2, -0.15) is 0 Å². The SMILES string of the molecule is Cc1cnc(S(=O)C2CCN(C(=O)OC(C)(C)C)CC2)nc1Cl. The van der Waals surface area contributed by atoms with Gasteiger partial charge in [0.15, 0.2) is 0 Å². The predicted molar refractivity (Wildman–Crippen MR) is 89.0 cm³/mol. The number of hydrogen-bond acceptors (Lipinski definition) is 5. The first-order valence-electron chi connectivity index (χ1n) is 7.55. The molecule has 0 N–H and O–H groups in total. The smallest absolute Gasteiger partial charge is 0.410 e. The van der Waals surface area contributed by atoms with Crippen LogP contribution in [-0.4, -0.2) is 49.1 Å². The Morgan fingerprint density at radius 1 is 1.39 bits per heavy atom. The van der Waals surface area contributed by atoms with Gasteiger partial charge in [0, 0.05) is 30.1 Å². The zero-order valence-corrected chi connectivity index (χ0v) is 15.4. The molecule has 1 atom stereocenters. The Morgan fingerprint density at radius 2 is 2.00 bits per heavy atom. The molecule has 128 valence electrons. The van der Waals surface area contributed by atoms with Gasteiger partial charge in [-0.05, 0) is 40.5 Å². The van der Waals surface area contributed by atoms with Gasteiger partial charge in [0.1, 0.15) is 10.8 Å². The van der Waals surface area contributed by atoms with Crippen molar-refractivity contribution < 1.29 is 13.7 Å². The fourth-order valence-electron chi connectivity index (χ4n) is 2.23. The first kappa shape index (κ1) is 18.1. The number of ether oxygens (including phenoxy) is 1. The minimum absolute atomic E-state index is 0.0764. The number of carbonyl (C=O) groups excluding carboxylic acids is 1. The summed E-state index contributed by atoms with van der Waals surface area (Å²) in [4.78, 5) is 21.9. The van der Waals surface area contributed by atoms with Crippen LogP contribution < -0.4 is 0 Å². The molecule has 1 unspecified atom stereocenters. The normalized spacial score (nSPS) is 17.9. The second-order valence-corrected chi connectivity index (χ2v) is 8.58. The lowest BCUT2D eigenvalue weighted by Crippen LogP contribution is -2.43. The summed E-state index contributed by atoms with van der Waals surface area (Å²) in [6, 6.07) is 0. The number of halogens is 1. The van der Waals surface area contributed by atoms with Crippen LogP contribution in [0.3, 0.4) is 0 Å². The molecule has 1 saturated heterocycles. The Hall–Kier alpha value is -1.21. The molecule has 1 fully saturated rings. The standard InChI is InChI=1S/C15H22ClN3O3S/c1-10-9-17-13(18-12(10)16)23(21)11-5-7-19(8-6-11)14(20)22-15(2,3)4/h9,11H,5-8H2,1-4H3. The number of amides is 1. The molecule has 0 saturated carbocycles. The molecule has 23 heavy (non-hydrogen) atoms. The van der Waals surface area contributed by atoms with E-state index >= 15 is 0 Å². The van der Waals surface area contributed by atoms with Gasteiger partial charge in [0.2, 0.25) is 5.16 Å². The van der Waals surface area contributed by atoms with Gasteiger partial charge >= 0.3 is 6.09 Å². The second kappa shape index (κ2) is 7.13. The van der Waals surface area contributed by atoms with Crippen molar-refractivity contribution in [3.8, 4) is 0 Å². The third-order valence-electron chi connectivity index (χ3n) is 3.46. The van der Waals surface area contributed by atoms with Crippen LogP contribution in [0.2, 0.25) is 5.15 Å². The summed E-state index contributed by atoms with van der Waals surface area (Å²) in [5.41, 5.74) is 0.246. The molecular formula is C15H22ClN3O3S. The summed E-state index contributed by atoms with van der Waals surface area (Å²) < 4.78 is 17.9. The van der Waals surface area contributed by atoms with E-state index in [4.69, 9.17) is 16.3 Å². The van der Waals surface area contributed by atoms with Gasteiger partial charge < -0.3 is 9.64 Å². The maximum absolute atomic E-state index is 12.6. The molecule has 0 radical (unpaired) electrons. The Balaban J connectivity index is 1.94. The van der Waals surface area contributed by atoms with Crippen LogP contribution in [0, 0.1) is 6.92 Å². The van der Waals surface area contributed by atoms with Crippen molar-refractivity contribution in [1.82, 2.24) is 14.9 Å². The average molecular weight is 360 g/mol. The first-order valence-corrected chi connectivity index (χ1v) is 9.14. The largest absolute Gasteiger partial charge is 0.444 e. The quantitative estimate of drug-likeness (QED) is 0.599. The molecule has 2 rings (SSSR count). The van der Waals surface area contributed by atoms with E-state index in [9.17, 15) is 9.00 Å². The van der Waals surface area contributed by atoms with Crippen molar-refractivity contribution in [3.05, 3.63) is 16.9 Å². The molecule has 1 aromatic rings. The summed E-state index contributed by atoms with van der Waals surface area (Å²) in [7, 11) is -1.32. The number of likely N-dealkylation sites (tertiary alicyclic amines) is 1. The molecular weight excluding hydrogens is 338 g/mol. The molecule has 6 nitrogen and oxygen atoms in total. The summed E-state index contributed by atoms with van der Waals surface area (Å²) in [6.07, 6.45) is 2.51. The highest BCUT2D eigenvalue weighted by atomic mass is 35.5. The minimum Gasteiger partial charge on any atom is -0.444 e. The molecule has 1 aliphatic heterocycles. The lowest BCUT2D eigenvalue weighted by atomic mass is 10.1. The van der Waals surface area contributed by atoms with Gasteiger partial charge in [0.05, 0.1) is 10.8 Å². The van der Waals surface area contributed by atoms with E-state index < -0.39 is 16.4 Å². The number of nitrogens with zero attached hydrogens (tertiary/aromatic N) is 3. The molecule has 8 heteroatoms. The van der Waals surface area contributed by atoms with Gasteiger partial charge in [0.25, 0.3) is 0 Å². The van der Waals surface area contributed by atoms with E-state index in [1.54, 1.807) is 18.0 Å². The van der Waals surface area contributed by atoms with Crippen LogP contribution in [0.1, 0.15) is 39.2 Å².